The molecule has 1 nitrogen and oxygen atoms in total. The highest BCUT2D eigenvalue weighted by molar-refractivity contribution is 6.04. The molecule has 17 heavy (non-hydrogen) atoms. The minimum atomic E-state index is 0.105. The molecule has 0 saturated heterocycles. The number of hydrogen-bond acceptors (Lipinski definition) is 1. The van der Waals surface area contributed by atoms with Crippen molar-refractivity contribution in [3.8, 4) is 0 Å². The van der Waals surface area contributed by atoms with Gasteiger partial charge in [-0.2, -0.15) is 0 Å². The van der Waals surface area contributed by atoms with Gasteiger partial charge < -0.3 is 0 Å². The molecule has 0 aromatic rings. The molecule has 0 fully saturated rings. The second-order valence-electron chi connectivity index (χ2n) is 5.14. The molecule has 0 aliphatic heterocycles. The molecule has 1 unspecified atom stereocenters. The van der Waals surface area contributed by atoms with Gasteiger partial charge in [-0.1, -0.05) is 52.5 Å². The third-order valence-electron chi connectivity index (χ3n) is 3.82. The average Bonchev–Trinajstić information content (AvgIpc) is 2.51. The summed E-state index contributed by atoms with van der Waals surface area (Å²) in [7, 11) is 0. The second kappa shape index (κ2) is 6.78. The van der Waals surface area contributed by atoms with E-state index < -0.39 is 0 Å². The van der Waals surface area contributed by atoms with Crippen LogP contribution in [0.2, 0.25) is 0 Å². The van der Waals surface area contributed by atoms with E-state index in [2.05, 4.69) is 27.4 Å². The van der Waals surface area contributed by atoms with E-state index in [0.29, 0.717) is 5.78 Å². The topological polar surface area (TPSA) is 17.1 Å². The van der Waals surface area contributed by atoms with Crippen LogP contribution in [0.5, 0.6) is 0 Å². The Morgan fingerprint density at radius 2 is 1.82 bits per heavy atom. The number of rotatable bonds is 7. The smallest absolute Gasteiger partial charge is 0.166 e. The van der Waals surface area contributed by atoms with Crippen LogP contribution in [0.1, 0.15) is 65.7 Å². The SMILES string of the molecule is C=C1C(C)=C(CCC)C(=O)C1CCCCCC. The van der Waals surface area contributed by atoms with Gasteiger partial charge in [0.05, 0.1) is 0 Å². The van der Waals surface area contributed by atoms with Gasteiger partial charge in [0, 0.05) is 5.92 Å². The quantitative estimate of drug-likeness (QED) is 0.577. The summed E-state index contributed by atoms with van der Waals surface area (Å²) >= 11 is 0. The zero-order valence-electron chi connectivity index (χ0n) is 11.6. The van der Waals surface area contributed by atoms with E-state index >= 15 is 0 Å². The number of carbonyl (C=O) groups is 1. The third kappa shape index (κ3) is 3.31. The Labute approximate surface area is 106 Å². The molecule has 0 aromatic carbocycles. The first kappa shape index (κ1) is 14.2. The highest BCUT2D eigenvalue weighted by atomic mass is 16.1. The number of unbranched alkanes of at least 4 members (excludes halogenated alkanes) is 3. The van der Waals surface area contributed by atoms with Crippen LogP contribution < -0.4 is 0 Å². The van der Waals surface area contributed by atoms with Gasteiger partial charge in [0.1, 0.15) is 0 Å². The molecule has 0 bridgehead atoms. The lowest BCUT2D eigenvalue weighted by Gasteiger charge is -2.10. The molecule has 1 aliphatic carbocycles. The summed E-state index contributed by atoms with van der Waals surface area (Å²) in [5.74, 6) is 0.472. The molecule has 0 saturated carbocycles. The Kier molecular flexibility index (Phi) is 5.67. The van der Waals surface area contributed by atoms with Crippen molar-refractivity contribution >= 4 is 5.78 Å². The number of ketones is 1. The van der Waals surface area contributed by atoms with Crippen molar-refractivity contribution < 1.29 is 4.79 Å². The first-order chi connectivity index (χ1) is 8.13. The number of allylic oxidation sites excluding steroid dienone is 3. The molecule has 0 radical (unpaired) electrons. The monoisotopic (exact) mass is 234 g/mol. The molecule has 0 spiro atoms. The Morgan fingerprint density at radius 1 is 1.12 bits per heavy atom. The van der Waals surface area contributed by atoms with Gasteiger partial charge in [0.25, 0.3) is 0 Å². The van der Waals surface area contributed by atoms with E-state index in [-0.39, 0.29) is 5.92 Å². The van der Waals surface area contributed by atoms with Gasteiger partial charge in [-0.15, -0.1) is 0 Å². The summed E-state index contributed by atoms with van der Waals surface area (Å²) in [5, 5.41) is 0. The van der Waals surface area contributed by atoms with Crippen LogP contribution in [0, 0.1) is 5.92 Å². The van der Waals surface area contributed by atoms with Crippen LogP contribution in [-0.2, 0) is 4.79 Å². The molecular weight excluding hydrogens is 208 g/mol. The maximum Gasteiger partial charge on any atom is 0.166 e. The second-order valence-corrected chi connectivity index (χ2v) is 5.14. The van der Waals surface area contributed by atoms with Crippen molar-refractivity contribution in [2.45, 2.75) is 65.7 Å². The first-order valence-corrected chi connectivity index (χ1v) is 7.06. The van der Waals surface area contributed by atoms with Crippen molar-refractivity contribution in [2.24, 2.45) is 5.92 Å². The zero-order valence-corrected chi connectivity index (χ0v) is 11.6. The fourth-order valence-corrected chi connectivity index (χ4v) is 2.65. The highest BCUT2D eigenvalue weighted by Gasteiger charge is 2.32. The lowest BCUT2D eigenvalue weighted by atomic mass is 9.92. The van der Waals surface area contributed by atoms with Crippen molar-refractivity contribution in [1.82, 2.24) is 0 Å². The fraction of sp³-hybridized carbons (Fsp3) is 0.688. The summed E-state index contributed by atoms with van der Waals surface area (Å²) in [4.78, 5) is 12.3. The molecule has 1 rings (SSSR count). The van der Waals surface area contributed by atoms with Gasteiger partial charge in [-0.05, 0) is 36.5 Å². The molecule has 1 atom stereocenters. The number of hydrogen-bond donors (Lipinski definition) is 0. The molecule has 1 heteroatoms. The molecule has 0 heterocycles. The maximum atomic E-state index is 12.3. The van der Waals surface area contributed by atoms with E-state index in [1.807, 2.05) is 0 Å². The molecule has 0 aromatic heterocycles. The summed E-state index contributed by atoms with van der Waals surface area (Å²) < 4.78 is 0. The van der Waals surface area contributed by atoms with Gasteiger partial charge in [0.15, 0.2) is 5.78 Å². The Hall–Kier alpha value is -0.850. The number of Topliss-reactive ketones (excluding diaryl/α,β-unsaturated/α-hetero) is 1. The van der Waals surface area contributed by atoms with Crippen LogP contribution >= 0.6 is 0 Å². The predicted octanol–water partition coefficient (Wildman–Crippen LogP) is 4.83. The lowest BCUT2D eigenvalue weighted by molar-refractivity contribution is -0.117. The van der Waals surface area contributed by atoms with E-state index in [9.17, 15) is 4.79 Å². The molecule has 0 N–H and O–H groups in total. The largest absolute Gasteiger partial charge is 0.294 e. The summed E-state index contributed by atoms with van der Waals surface area (Å²) in [6.45, 7) is 10.5. The summed E-state index contributed by atoms with van der Waals surface area (Å²) in [5.41, 5.74) is 3.32. The van der Waals surface area contributed by atoms with Crippen LogP contribution in [0.25, 0.3) is 0 Å². The van der Waals surface area contributed by atoms with Crippen LogP contribution in [0.3, 0.4) is 0 Å². The standard InChI is InChI=1S/C16H26O/c1-5-7-8-9-11-15-13(4)12(3)14(10-6-2)16(15)17/h15H,4-11H2,1-3H3. The van der Waals surface area contributed by atoms with Crippen molar-refractivity contribution in [3.05, 3.63) is 23.3 Å². The molecule has 0 amide bonds. The van der Waals surface area contributed by atoms with Crippen molar-refractivity contribution in [1.29, 1.82) is 0 Å². The van der Waals surface area contributed by atoms with Crippen molar-refractivity contribution in [3.63, 3.8) is 0 Å². The number of carbonyl (C=O) groups excluding carboxylic acids is 1. The summed E-state index contributed by atoms with van der Waals surface area (Å²) in [6.07, 6.45) is 7.91. The fourth-order valence-electron chi connectivity index (χ4n) is 2.65. The Bertz CT molecular complexity index is 322. The Balaban J connectivity index is 2.55. The Morgan fingerprint density at radius 3 is 2.41 bits per heavy atom. The predicted molar refractivity (Wildman–Crippen MR) is 74.0 cm³/mol. The average molecular weight is 234 g/mol. The first-order valence-electron chi connectivity index (χ1n) is 7.06. The molecule has 1 aliphatic rings. The van der Waals surface area contributed by atoms with Gasteiger partial charge in [-0.25, -0.2) is 0 Å². The maximum absolute atomic E-state index is 12.3. The van der Waals surface area contributed by atoms with Gasteiger partial charge in [-0.3, -0.25) is 4.79 Å². The molecular formula is C16H26O. The minimum absolute atomic E-state index is 0.105. The van der Waals surface area contributed by atoms with Crippen LogP contribution in [0.15, 0.2) is 23.3 Å². The highest BCUT2D eigenvalue weighted by Crippen LogP contribution is 2.37. The van der Waals surface area contributed by atoms with Gasteiger partial charge >= 0.3 is 0 Å². The van der Waals surface area contributed by atoms with E-state index in [0.717, 1.165) is 36.8 Å². The normalized spacial score (nSPS) is 20.5. The van der Waals surface area contributed by atoms with E-state index in [1.165, 1.54) is 24.8 Å². The van der Waals surface area contributed by atoms with Crippen molar-refractivity contribution in [2.75, 3.05) is 0 Å². The minimum Gasteiger partial charge on any atom is -0.294 e. The van der Waals surface area contributed by atoms with E-state index in [4.69, 9.17) is 0 Å². The van der Waals surface area contributed by atoms with Crippen LogP contribution in [-0.4, -0.2) is 5.78 Å². The van der Waals surface area contributed by atoms with Gasteiger partial charge in [0.2, 0.25) is 0 Å². The lowest BCUT2D eigenvalue weighted by Crippen LogP contribution is -2.11. The third-order valence-corrected chi connectivity index (χ3v) is 3.82. The summed E-state index contributed by atoms with van der Waals surface area (Å²) in [6, 6.07) is 0. The molecule has 96 valence electrons. The zero-order chi connectivity index (χ0) is 12.8. The van der Waals surface area contributed by atoms with Crippen LogP contribution in [0.4, 0.5) is 0 Å². The van der Waals surface area contributed by atoms with E-state index in [1.54, 1.807) is 0 Å².